The molecule has 0 bridgehead atoms. The highest BCUT2D eigenvalue weighted by Crippen LogP contribution is 2.32. The molecule has 1 atom stereocenters. The summed E-state index contributed by atoms with van der Waals surface area (Å²) in [5.41, 5.74) is 1.39. The second-order valence-electron chi connectivity index (χ2n) is 7.51. The zero-order valence-electron chi connectivity index (χ0n) is 17.4. The predicted molar refractivity (Wildman–Crippen MR) is 113 cm³/mol. The lowest BCUT2D eigenvalue weighted by Gasteiger charge is -2.30. The Balaban J connectivity index is 1.53. The molecule has 3 aromatic rings. The molecule has 0 spiro atoms. The van der Waals surface area contributed by atoms with Crippen molar-refractivity contribution in [3.05, 3.63) is 59.7 Å². The van der Waals surface area contributed by atoms with Gasteiger partial charge >= 0.3 is 0 Å². The molecule has 1 aliphatic rings. The average Bonchev–Trinajstić information content (AvgIpc) is 3.26. The van der Waals surface area contributed by atoms with Gasteiger partial charge in [0.1, 0.15) is 11.6 Å². The van der Waals surface area contributed by atoms with Crippen molar-refractivity contribution in [2.45, 2.75) is 37.5 Å². The van der Waals surface area contributed by atoms with Crippen LogP contribution in [0.5, 0.6) is 5.75 Å². The lowest BCUT2D eigenvalue weighted by atomic mass is 10.00. The third-order valence-electron chi connectivity index (χ3n) is 5.35. The van der Waals surface area contributed by atoms with Crippen LogP contribution in [0.25, 0.3) is 11.5 Å². The molecule has 31 heavy (non-hydrogen) atoms. The topological polar surface area (TPSA) is 85.5 Å². The molecule has 1 aromatic heterocycles. The van der Waals surface area contributed by atoms with Crippen LogP contribution < -0.4 is 4.74 Å². The summed E-state index contributed by atoms with van der Waals surface area (Å²) in [7, 11) is -3.66. The van der Waals surface area contributed by atoms with E-state index in [2.05, 4.69) is 10.2 Å². The molecule has 0 aliphatic carbocycles. The molecule has 0 radical (unpaired) electrons. The van der Waals surface area contributed by atoms with Crippen LogP contribution in [0, 0.1) is 12.7 Å². The minimum atomic E-state index is -3.66. The van der Waals surface area contributed by atoms with Crippen molar-refractivity contribution < 1.29 is 22.0 Å². The van der Waals surface area contributed by atoms with E-state index in [1.807, 2.05) is 13.8 Å². The molecule has 164 valence electrons. The van der Waals surface area contributed by atoms with Crippen LogP contribution in [0.4, 0.5) is 4.39 Å². The number of sulfonamides is 1. The second kappa shape index (κ2) is 8.76. The predicted octanol–water partition coefficient (Wildman–Crippen LogP) is 4.15. The van der Waals surface area contributed by atoms with Gasteiger partial charge in [-0.25, -0.2) is 12.8 Å². The number of rotatable bonds is 6. The Bertz CT molecular complexity index is 1160. The van der Waals surface area contributed by atoms with E-state index in [0.717, 1.165) is 12.0 Å². The number of halogens is 1. The fourth-order valence-corrected chi connectivity index (χ4v) is 5.33. The average molecular weight is 446 g/mol. The number of piperidine rings is 1. The minimum absolute atomic E-state index is 0.200. The summed E-state index contributed by atoms with van der Waals surface area (Å²) in [6, 6.07) is 10.7. The fraction of sp³-hybridized carbons (Fsp3) is 0.364. The van der Waals surface area contributed by atoms with Crippen LogP contribution in [0.15, 0.2) is 51.8 Å². The molecule has 9 heteroatoms. The van der Waals surface area contributed by atoms with Gasteiger partial charge < -0.3 is 9.15 Å². The van der Waals surface area contributed by atoms with Crippen LogP contribution in [0.1, 0.15) is 37.1 Å². The van der Waals surface area contributed by atoms with Gasteiger partial charge in [-0.2, -0.15) is 4.31 Å². The van der Waals surface area contributed by atoms with Gasteiger partial charge in [-0.3, -0.25) is 0 Å². The first-order valence-electron chi connectivity index (χ1n) is 10.2. The smallest absolute Gasteiger partial charge is 0.247 e. The third-order valence-corrected chi connectivity index (χ3v) is 7.21. The van der Waals surface area contributed by atoms with Gasteiger partial charge in [-0.15, -0.1) is 10.2 Å². The van der Waals surface area contributed by atoms with Crippen LogP contribution in [-0.2, 0) is 10.0 Å². The van der Waals surface area contributed by atoms with E-state index in [0.29, 0.717) is 36.8 Å². The second-order valence-corrected chi connectivity index (χ2v) is 9.45. The number of hydrogen-bond donors (Lipinski definition) is 0. The Morgan fingerprint density at radius 2 is 1.97 bits per heavy atom. The van der Waals surface area contributed by atoms with Gasteiger partial charge in [0.25, 0.3) is 0 Å². The van der Waals surface area contributed by atoms with Crippen molar-refractivity contribution in [3.8, 4) is 17.2 Å². The van der Waals surface area contributed by atoms with Crippen molar-refractivity contribution in [2.24, 2.45) is 0 Å². The molecule has 0 saturated carbocycles. The Morgan fingerprint density at radius 1 is 1.19 bits per heavy atom. The molecular weight excluding hydrogens is 421 g/mol. The fourth-order valence-electron chi connectivity index (χ4n) is 3.72. The van der Waals surface area contributed by atoms with E-state index in [4.69, 9.17) is 9.15 Å². The maximum Gasteiger partial charge on any atom is 0.247 e. The zero-order chi connectivity index (χ0) is 22.0. The van der Waals surface area contributed by atoms with Gasteiger partial charge in [-0.05, 0) is 74.7 Å². The van der Waals surface area contributed by atoms with Gasteiger partial charge in [0.05, 0.1) is 17.4 Å². The summed E-state index contributed by atoms with van der Waals surface area (Å²) in [6.45, 7) is 4.93. The number of benzene rings is 2. The van der Waals surface area contributed by atoms with Gasteiger partial charge in [-0.1, -0.05) is 0 Å². The SMILES string of the molecule is CCOc1ccc(S(=O)(=O)N2CCC[C@@H](c3nnc(-c4ccc(F)cc4)o3)C2)cc1C. The van der Waals surface area contributed by atoms with Crippen LogP contribution in [-0.4, -0.2) is 42.6 Å². The molecule has 7 nitrogen and oxygen atoms in total. The molecule has 1 saturated heterocycles. The monoisotopic (exact) mass is 445 g/mol. The molecule has 0 unspecified atom stereocenters. The van der Waals surface area contributed by atoms with E-state index < -0.39 is 10.0 Å². The third kappa shape index (κ3) is 4.47. The molecule has 2 aromatic carbocycles. The van der Waals surface area contributed by atoms with E-state index in [1.54, 1.807) is 30.3 Å². The number of aromatic nitrogens is 2. The first kappa shape index (κ1) is 21.5. The largest absolute Gasteiger partial charge is 0.494 e. The molecule has 2 heterocycles. The highest BCUT2D eigenvalue weighted by molar-refractivity contribution is 7.89. The molecule has 4 rings (SSSR count). The Morgan fingerprint density at radius 3 is 2.68 bits per heavy atom. The molecule has 1 aliphatic heterocycles. The summed E-state index contributed by atoms with van der Waals surface area (Å²) in [6.07, 6.45) is 1.44. The summed E-state index contributed by atoms with van der Waals surface area (Å²) in [5.74, 6) is 0.812. The quantitative estimate of drug-likeness (QED) is 0.567. The van der Waals surface area contributed by atoms with E-state index >= 15 is 0 Å². The number of ether oxygens (including phenoxy) is 1. The minimum Gasteiger partial charge on any atom is -0.494 e. The lowest BCUT2D eigenvalue weighted by molar-refractivity contribution is 0.286. The van der Waals surface area contributed by atoms with E-state index in [1.165, 1.54) is 16.4 Å². The maximum atomic E-state index is 13.2. The van der Waals surface area contributed by atoms with E-state index in [9.17, 15) is 12.8 Å². The van der Waals surface area contributed by atoms with Crippen molar-refractivity contribution in [1.29, 1.82) is 0 Å². The normalized spacial score (nSPS) is 17.6. The van der Waals surface area contributed by atoms with Crippen LogP contribution in [0.2, 0.25) is 0 Å². The van der Waals surface area contributed by atoms with Crippen LogP contribution in [0.3, 0.4) is 0 Å². The van der Waals surface area contributed by atoms with Crippen molar-refractivity contribution >= 4 is 10.0 Å². The Labute approximate surface area is 180 Å². The summed E-state index contributed by atoms with van der Waals surface area (Å²) in [4.78, 5) is 0.242. The molecular formula is C22H24FN3O4S. The van der Waals surface area contributed by atoms with Gasteiger partial charge in [0.2, 0.25) is 21.8 Å². The lowest BCUT2D eigenvalue weighted by Crippen LogP contribution is -2.39. The highest BCUT2D eigenvalue weighted by Gasteiger charge is 2.33. The maximum absolute atomic E-state index is 13.2. The summed E-state index contributed by atoms with van der Waals surface area (Å²) in [5, 5.41) is 8.18. The van der Waals surface area contributed by atoms with Crippen molar-refractivity contribution in [2.75, 3.05) is 19.7 Å². The molecule has 0 amide bonds. The van der Waals surface area contributed by atoms with Gasteiger partial charge in [0, 0.05) is 18.7 Å². The molecule has 1 fully saturated rings. The number of aryl methyl sites for hydroxylation is 1. The van der Waals surface area contributed by atoms with Gasteiger partial charge in [0.15, 0.2) is 0 Å². The van der Waals surface area contributed by atoms with E-state index in [-0.39, 0.29) is 29.1 Å². The van der Waals surface area contributed by atoms with Crippen molar-refractivity contribution in [3.63, 3.8) is 0 Å². The highest BCUT2D eigenvalue weighted by atomic mass is 32.2. The van der Waals surface area contributed by atoms with Crippen LogP contribution >= 0.6 is 0 Å². The first-order chi connectivity index (χ1) is 14.9. The number of hydrogen-bond acceptors (Lipinski definition) is 6. The molecule has 0 N–H and O–H groups in total. The summed E-state index contributed by atoms with van der Waals surface area (Å²) >= 11 is 0. The summed E-state index contributed by atoms with van der Waals surface area (Å²) < 4.78 is 52.4. The first-order valence-corrected chi connectivity index (χ1v) is 11.7. The Kier molecular flexibility index (Phi) is 6.06. The van der Waals surface area contributed by atoms with Crippen molar-refractivity contribution in [1.82, 2.24) is 14.5 Å². The standard InChI is InChI=1S/C22H24FN3O4S/c1-3-29-20-11-10-19(13-15(20)2)31(27,28)26-12-4-5-17(14-26)22-25-24-21(30-22)16-6-8-18(23)9-7-16/h6-11,13,17H,3-5,12,14H2,1-2H3/t17-/m1/s1. The number of nitrogens with zero attached hydrogens (tertiary/aromatic N) is 3. The zero-order valence-corrected chi connectivity index (χ0v) is 18.2. The Hall–Kier alpha value is -2.78.